The molecule has 1 heterocycles. The normalized spacial score (nSPS) is 31.3. The minimum Gasteiger partial charge on any atom is -0.327 e. The van der Waals surface area contributed by atoms with Gasteiger partial charge in [-0.15, -0.1) is 0 Å². The van der Waals surface area contributed by atoms with Crippen LogP contribution in [0.15, 0.2) is 12.2 Å². The number of hydrogen-bond acceptors (Lipinski definition) is 3. The second kappa shape index (κ2) is 5.68. The van der Waals surface area contributed by atoms with Gasteiger partial charge in [-0.05, 0) is 0 Å². The number of thioether (sulfide) groups is 1. The summed E-state index contributed by atoms with van der Waals surface area (Å²) >= 11 is 2.09. The summed E-state index contributed by atoms with van der Waals surface area (Å²) in [5.74, 6) is 0. The zero-order valence-corrected chi connectivity index (χ0v) is 9.39. The predicted molar refractivity (Wildman–Crippen MR) is 61.1 cm³/mol. The quantitative estimate of drug-likeness (QED) is 0.697. The van der Waals surface area contributed by atoms with Crippen molar-refractivity contribution in [3.8, 4) is 0 Å². The molecular weight excluding hydrogens is 180 g/mol. The van der Waals surface area contributed by atoms with Gasteiger partial charge >= 0.3 is 0 Å². The Labute approximate surface area is 85.6 Å². The molecule has 3 heteroatoms. The highest BCUT2D eigenvalue weighted by atomic mass is 32.2. The van der Waals surface area contributed by atoms with Gasteiger partial charge < -0.3 is 5.73 Å². The molecule has 13 heavy (non-hydrogen) atoms. The number of nitrogens with two attached hydrogens (primary N) is 1. The lowest BCUT2D eigenvalue weighted by atomic mass is 10.3. The van der Waals surface area contributed by atoms with Gasteiger partial charge in [-0.3, -0.25) is 4.90 Å². The summed E-state index contributed by atoms with van der Waals surface area (Å²) < 4.78 is 0. The highest BCUT2D eigenvalue weighted by Crippen LogP contribution is 2.24. The van der Waals surface area contributed by atoms with Crippen LogP contribution in [0, 0.1) is 0 Å². The molecule has 2 atom stereocenters. The van der Waals surface area contributed by atoms with E-state index >= 15 is 0 Å². The van der Waals surface area contributed by atoms with Gasteiger partial charge in [-0.2, -0.15) is 11.8 Å². The zero-order valence-electron chi connectivity index (χ0n) is 8.57. The molecule has 2 nitrogen and oxygen atoms in total. The van der Waals surface area contributed by atoms with E-state index in [1.165, 1.54) is 13.1 Å². The standard InChI is InChI=1S/C10H20N2S/c1-9-7-12(6-4-3-5-11)8-10(2)13-9/h3-4,9-10H,5-8,11H2,1-2H3. The van der Waals surface area contributed by atoms with Crippen molar-refractivity contribution in [3.05, 3.63) is 12.2 Å². The van der Waals surface area contributed by atoms with Gasteiger partial charge in [0.2, 0.25) is 0 Å². The lowest BCUT2D eigenvalue weighted by Crippen LogP contribution is -2.40. The van der Waals surface area contributed by atoms with Crippen LogP contribution in [0.2, 0.25) is 0 Å². The summed E-state index contributed by atoms with van der Waals surface area (Å²) in [6.45, 7) is 8.76. The van der Waals surface area contributed by atoms with E-state index in [4.69, 9.17) is 5.73 Å². The molecule has 0 amide bonds. The Morgan fingerprint density at radius 1 is 1.31 bits per heavy atom. The molecule has 2 N–H and O–H groups in total. The molecule has 1 rings (SSSR count). The topological polar surface area (TPSA) is 29.3 Å². The van der Waals surface area contributed by atoms with Crippen LogP contribution in [0.4, 0.5) is 0 Å². The molecule has 2 unspecified atom stereocenters. The summed E-state index contributed by atoms with van der Waals surface area (Å²) in [7, 11) is 0. The van der Waals surface area contributed by atoms with E-state index in [0.717, 1.165) is 17.0 Å². The summed E-state index contributed by atoms with van der Waals surface area (Å²) in [5, 5.41) is 1.55. The number of nitrogens with zero attached hydrogens (tertiary/aromatic N) is 1. The molecule has 1 aliphatic rings. The highest BCUT2D eigenvalue weighted by molar-refractivity contribution is 8.00. The summed E-state index contributed by atoms with van der Waals surface area (Å²) in [6, 6.07) is 0. The first-order chi connectivity index (χ1) is 6.22. The van der Waals surface area contributed by atoms with E-state index in [1.54, 1.807) is 0 Å². The second-order valence-corrected chi connectivity index (χ2v) is 5.56. The third kappa shape index (κ3) is 4.16. The Hall–Kier alpha value is 0.01000. The fourth-order valence-electron chi connectivity index (χ4n) is 1.75. The molecule has 0 aromatic carbocycles. The zero-order chi connectivity index (χ0) is 9.68. The first kappa shape index (κ1) is 11.1. The van der Waals surface area contributed by atoms with Crippen LogP contribution >= 0.6 is 11.8 Å². The largest absolute Gasteiger partial charge is 0.327 e. The van der Waals surface area contributed by atoms with E-state index in [2.05, 4.69) is 36.6 Å². The SMILES string of the molecule is CC1CN(CC=CCN)CC(C)S1. The van der Waals surface area contributed by atoms with Crippen LogP contribution in [-0.2, 0) is 0 Å². The summed E-state index contributed by atoms with van der Waals surface area (Å²) in [5.41, 5.74) is 5.39. The van der Waals surface area contributed by atoms with Gasteiger partial charge in [0.05, 0.1) is 0 Å². The molecule has 0 radical (unpaired) electrons. The Bertz CT molecular complexity index is 160. The first-order valence-electron chi connectivity index (χ1n) is 4.95. The minimum atomic E-state index is 0.660. The molecule has 0 aromatic heterocycles. The molecule has 1 saturated heterocycles. The first-order valence-corrected chi connectivity index (χ1v) is 5.89. The van der Waals surface area contributed by atoms with Gasteiger partial charge in [-0.25, -0.2) is 0 Å². The van der Waals surface area contributed by atoms with E-state index < -0.39 is 0 Å². The third-order valence-corrected chi connectivity index (χ3v) is 3.39. The van der Waals surface area contributed by atoms with Crippen LogP contribution < -0.4 is 5.73 Å². The van der Waals surface area contributed by atoms with Crippen LogP contribution in [0.5, 0.6) is 0 Å². The molecule has 0 saturated carbocycles. The molecule has 0 spiro atoms. The molecule has 76 valence electrons. The van der Waals surface area contributed by atoms with E-state index in [-0.39, 0.29) is 0 Å². The maximum Gasteiger partial charge on any atom is 0.0164 e. The maximum atomic E-state index is 5.39. The molecule has 0 bridgehead atoms. The fourth-order valence-corrected chi connectivity index (χ4v) is 3.14. The van der Waals surface area contributed by atoms with Crippen LogP contribution in [-0.4, -0.2) is 41.6 Å². The lowest BCUT2D eigenvalue weighted by Gasteiger charge is -2.33. The van der Waals surface area contributed by atoms with Crippen LogP contribution in [0.1, 0.15) is 13.8 Å². The molecule has 0 aromatic rings. The Kier molecular flexibility index (Phi) is 4.84. The minimum absolute atomic E-state index is 0.660. The van der Waals surface area contributed by atoms with Crippen molar-refractivity contribution in [3.63, 3.8) is 0 Å². The number of hydrogen-bond donors (Lipinski definition) is 1. The van der Waals surface area contributed by atoms with Crippen LogP contribution in [0.25, 0.3) is 0 Å². The molecule has 0 aliphatic carbocycles. The second-order valence-electron chi connectivity index (χ2n) is 3.68. The van der Waals surface area contributed by atoms with Gasteiger partial charge in [0.1, 0.15) is 0 Å². The van der Waals surface area contributed by atoms with Crippen molar-refractivity contribution in [2.75, 3.05) is 26.2 Å². The summed E-state index contributed by atoms with van der Waals surface area (Å²) in [6.07, 6.45) is 4.21. The van der Waals surface area contributed by atoms with Crippen LogP contribution in [0.3, 0.4) is 0 Å². The maximum absolute atomic E-state index is 5.39. The lowest BCUT2D eigenvalue weighted by molar-refractivity contribution is 0.299. The van der Waals surface area contributed by atoms with Crippen molar-refractivity contribution in [2.45, 2.75) is 24.3 Å². The monoisotopic (exact) mass is 200 g/mol. The average molecular weight is 200 g/mol. The molecule has 1 fully saturated rings. The summed E-state index contributed by atoms with van der Waals surface area (Å²) in [4.78, 5) is 2.50. The Morgan fingerprint density at radius 3 is 2.46 bits per heavy atom. The Morgan fingerprint density at radius 2 is 1.92 bits per heavy atom. The van der Waals surface area contributed by atoms with E-state index in [9.17, 15) is 0 Å². The van der Waals surface area contributed by atoms with Gasteiger partial charge in [-0.1, -0.05) is 26.0 Å². The van der Waals surface area contributed by atoms with Crippen molar-refractivity contribution in [2.24, 2.45) is 5.73 Å². The van der Waals surface area contributed by atoms with Crippen molar-refractivity contribution < 1.29 is 0 Å². The van der Waals surface area contributed by atoms with Gasteiger partial charge in [0, 0.05) is 36.7 Å². The third-order valence-electron chi connectivity index (χ3n) is 2.16. The smallest absolute Gasteiger partial charge is 0.0164 e. The highest BCUT2D eigenvalue weighted by Gasteiger charge is 2.20. The fraction of sp³-hybridized carbons (Fsp3) is 0.800. The average Bonchev–Trinajstić information content (AvgIpc) is 2.03. The van der Waals surface area contributed by atoms with Crippen molar-refractivity contribution >= 4 is 11.8 Å². The predicted octanol–water partition coefficient (Wildman–Crippen LogP) is 1.33. The van der Waals surface area contributed by atoms with Gasteiger partial charge in [0.15, 0.2) is 0 Å². The van der Waals surface area contributed by atoms with E-state index in [0.29, 0.717) is 6.54 Å². The van der Waals surface area contributed by atoms with Crippen molar-refractivity contribution in [1.82, 2.24) is 4.90 Å². The number of rotatable bonds is 3. The molecule has 1 aliphatic heterocycles. The van der Waals surface area contributed by atoms with Gasteiger partial charge in [0.25, 0.3) is 0 Å². The van der Waals surface area contributed by atoms with Crippen molar-refractivity contribution in [1.29, 1.82) is 0 Å². The van der Waals surface area contributed by atoms with E-state index in [1.807, 2.05) is 6.08 Å². The Balaban J connectivity index is 2.28. The molecular formula is C10H20N2S.